The number of fused-ring (bicyclic) bond motifs is 5. The fraction of sp³-hybridized carbons (Fsp3) is 0.488. The molecule has 0 radical (unpaired) electrons. The van der Waals surface area contributed by atoms with Gasteiger partial charge in [0.05, 0.1) is 28.6 Å². The number of morpholine rings is 1. The van der Waals surface area contributed by atoms with Crippen LogP contribution in [0, 0.1) is 17.8 Å². The van der Waals surface area contributed by atoms with Gasteiger partial charge in [0, 0.05) is 54.0 Å². The van der Waals surface area contributed by atoms with E-state index in [2.05, 4.69) is 81.9 Å². The van der Waals surface area contributed by atoms with Crippen LogP contribution in [0.25, 0.3) is 0 Å². The van der Waals surface area contributed by atoms with Gasteiger partial charge >= 0.3 is 0 Å². The second-order valence-electron chi connectivity index (χ2n) is 16.2. The zero-order chi connectivity index (χ0) is 36.1. The summed E-state index contributed by atoms with van der Waals surface area (Å²) >= 11 is 6.52. The molecule has 2 fully saturated rings. The molecule has 3 aromatic rings. The zero-order valence-electron chi connectivity index (χ0n) is 30.5. The van der Waals surface area contributed by atoms with Crippen molar-refractivity contribution in [3.05, 3.63) is 106 Å². The summed E-state index contributed by atoms with van der Waals surface area (Å²) in [7, 11) is -2.95. The van der Waals surface area contributed by atoms with E-state index < -0.39 is 15.3 Å². The fourth-order valence-electron chi connectivity index (χ4n) is 9.59. The highest BCUT2D eigenvalue weighted by molar-refractivity contribution is 7.99. The Morgan fingerprint density at radius 2 is 1.90 bits per heavy atom. The first-order valence-corrected chi connectivity index (χ1v) is 21.3. The fourth-order valence-corrected chi connectivity index (χ4v) is 11.3. The molecule has 1 saturated heterocycles. The molecular weight excluding hydrogens is 690 g/mol. The molecule has 7 atom stereocenters. The van der Waals surface area contributed by atoms with E-state index in [1.165, 1.54) is 16.7 Å². The first-order valence-electron chi connectivity index (χ1n) is 19.1. The molecule has 276 valence electrons. The van der Waals surface area contributed by atoms with Gasteiger partial charge in [0.2, 0.25) is 0 Å². The Balaban J connectivity index is 1.20. The Morgan fingerprint density at radius 3 is 2.71 bits per heavy atom. The van der Waals surface area contributed by atoms with Crippen molar-refractivity contribution in [1.29, 1.82) is 0 Å². The van der Waals surface area contributed by atoms with E-state index in [1.807, 2.05) is 25.1 Å². The summed E-state index contributed by atoms with van der Waals surface area (Å²) in [5, 5.41) is 0.438. The number of rotatable bonds is 2. The lowest BCUT2D eigenvalue weighted by atomic mass is 9.63. The zero-order valence-corrected chi connectivity index (χ0v) is 32.1. The molecule has 3 aromatic carbocycles. The number of halogens is 1. The summed E-state index contributed by atoms with van der Waals surface area (Å²) in [6, 6.07) is 22.8. The topological polar surface area (TPSA) is 71.1 Å². The number of carbonyl (C=O) groups is 1. The molecule has 1 amide bonds. The van der Waals surface area contributed by atoms with E-state index in [1.54, 1.807) is 6.07 Å². The molecule has 3 aliphatic heterocycles. The van der Waals surface area contributed by atoms with Crippen LogP contribution in [0.1, 0.15) is 73.0 Å². The molecule has 2 aliphatic carbocycles. The Hall–Kier alpha value is -3.30. The largest absolute Gasteiger partial charge is 0.490 e. The molecule has 2 spiro atoms. The summed E-state index contributed by atoms with van der Waals surface area (Å²) in [6.07, 6.45) is 10.6. The van der Waals surface area contributed by atoms with Crippen molar-refractivity contribution in [2.45, 2.75) is 75.2 Å². The summed E-state index contributed by atoms with van der Waals surface area (Å²) in [5.41, 5.74) is 4.66. The number of ether oxygens (including phenoxy) is 2. The molecule has 1 unspecified atom stereocenters. The Labute approximate surface area is 314 Å². The van der Waals surface area contributed by atoms with Gasteiger partial charge in [-0.3, -0.25) is 14.4 Å². The summed E-state index contributed by atoms with van der Waals surface area (Å²) in [5.74, 6) is 5.24. The smallest absolute Gasteiger partial charge is 0.262 e. The van der Waals surface area contributed by atoms with E-state index in [9.17, 15) is 9.00 Å². The molecular formula is C43H52ClN3O4S. The molecule has 0 aromatic heterocycles. The van der Waals surface area contributed by atoms with Crippen molar-refractivity contribution in [3.63, 3.8) is 0 Å². The van der Waals surface area contributed by atoms with Crippen molar-refractivity contribution in [3.8, 4) is 5.75 Å². The Bertz CT molecular complexity index is 1950. The van der Waals surface area contributed by atoms with Gasteiger partial charge in [0.25, 0.3) is 5.91 Å². The lowest BCUT2D eigenvalue weighted by Crippen LogP contribution is -2.60. The molecule has 2 bridgehead atoms. The predicted octanol–water partition coefficient (Wildman–Crippen LogP) is 7.46. The van der Waals surface area contributed by atoms with Crippen LogP contribution in [-0.4, -0.2) is 71.1 Å². The number of carbonyl (C=O) groups excluding carboxylic acids is 1. The number of allylic oxidation sites excluding steroid dienone is 1. The molecule has 1 N–H and O–H groups in total. The lowest BCUT2D eigenvalue weighted by Gasteiger charge is -2.54. The molecule has 8 rings (SSSR count). The molecule has 5 aliphatic rings. The van der Waals surface area contributed by atoms with Crippen molar-refractivity contribution in [2.24, 2.45) is 17.8 Å². The monoisotopic (exact) mass is 741 g/mol. The third-order valence-electron chi connectivity index (χ3n) is 12.9. The molecule has 3 heterocycles. The molecule has 1 saturated carbocycles. The number of anilines is 1. The Kier molecular flexibility index (Phi) is 9.73. The van der Waals surface area contributed by atoms with E-state index >= 15 is 0 Å². The first kappa shape index (κ1) is 35.7. The summed E-state index contributed by atoms with van der Waals surface area (Å²) in [6.45, 7) is 9.48. The highest BCUT2D eigenvalue weighted by Gasteiger charge is 2.51. The standard InChI is InChI=1S/C43H52ClN3O4S/c1-30-9-7-20-43(28-46(21-22-51-43)25-32-10-5-4-6-11-32)38-16-13-35(38)26-47-27-42(19-8-12-33-23-36(44)15-17-37(33)42)29-50-40-18-14-34(24-39(40)47)41(48)45-52(3,49)31(30)2/h4-7,10-11,14-15,17-18,20,23-24,30-31,35,38H,3,8-9,12-13,16,19,21-22,25-29H2,1-2H3,(H,45,48,49)/b20-7+/t30-,31+,35-,38+,42-,43-,52?/m0/s1. The summed E-state index contributed by atoms with van der Waals surface area (Å²) in [4.78, 5) is 18.9. The van der Waals surface area contributed by atoms with Gasteiger partial charge in [-0.1, -0.05) is 67.1 Å². The number of hydrogen-bond acceptors (Lipinski definition) is 6. The third-order valence-corrected chi connectivity index (χ3v) is 15.3. The maximum Gasteiger partial charge on any atom is 0.262 e. The average molecular weight is 742 g/mol. The van der Waals surface area contributed by atoms with Crippen LogP contribution in [-0.2, 0) is 32.8 Å². The minimum atomic E-state index is -2.95. The average Bonchev–Trinajstić information content (AvgIpc) is 3.26. The van der Waals surface area contributed by atoms with Gasteiger partial charge in [-0.2, -0.15) is 0 Å². The van der Waals surface area contributed by atoms with Crippen molar-refractivity contribution in [2.75, 3.05) is 44.3 Å². The SMILES string of the molecule is C=S1(=O)NC(=O)c2ccc3c(c2)N(C[C@@H]2CC[C@H]2[C@]2(/C=C/C[C@H](C)[C@H]1C)CN(Cc1ccccc1)CCO2)C[C@@]1(CCCc2cc(Cl)ccc21)CO3. The molecule has 9 heteroatoms. The van der Waals surface area contributed by atoms with Gasteiger partial charge in [0.15, 0.2) is 0 Å². The van der Waals surface area contributed by atoms with Crippen molar-refractivity contribution in [1.82, 2.24) is 9.62 Å². The van der Waals surface area contributed by atoms with Crippen LogP contribution in [0.4, 0.5) is 5.69 Å². The minimum absolute atomic E-state index is 0.0353. The first-order chi connectivity index (χ1) is 25.0. The van der Waals surface area contributed by atoms with Crippen LogP contribution < -0.4 is 14.4 Å². The molecule has 7 nitrogen and oxygen atoms in total. The number of benzene rings is 3. The Morgan fingerprint density at radius 1 is 1.06 bits per heavy atom. The van der Waals surface area contributed by atoms with E-state index in [4.69, 9.17) is 21.1 Å². The second-order valence-corrected chi connectivity index (χ2v) is 19.0. The minimum Gasteiger partial charge on any atom is -0.490 e. The quantitative estimate of drug-likeness (QED) is 0.217. The van der Waals surface area contributed by atoms with Crippen LogP contribution in [0.15, 0.2) is 78.9 Å². The predicted molar refractivity (Wildman–Crippen MR) is 212 cm³/mol. The van der Waals surface area contributed by atoms with E-state index in [-0.39, 0.29) is 22.5 Å². The lowest BCUT2D eigenvalue weighted by molar-refractivity contribution is -0.146. The normalized spacial score (nSPS) is 34.3. The van der Waals surface area contributed by atoms with Crippen LogP contribution in [0.5, 0.6) is 5.75 Å². The van der Waals surface area contributed by atoms with Gasteiger partial charge in [-0.05, 0) is 116 Å². The maximum atomic E-state index is 14.0. The number of nitrogens with zero attached hydrogens (tertiary/aromatic N) is 2. The second kappa shape index (κ2) is 14.2. The number of nitrogens with one attached hydrogen (secondary N) is 1. The third kappa shape index (κ3) is 6.81. The van der Waals surface area contributed by atoms with Crippen molar-refractivity contribution >= 4 is 38.8 Å². The number of amides is 1. The highest BCUT2D eigenvalue weighted by Crippen LogP contribution is 2.50. The van der Waals surface area contributed by atoms with Gasteiger partial charge in [0.1, 0.15) is 11.4 Å². The van der Waals surface area contributed by atoms with Gasteiger partial charge in [-0.15, -0.1) is 0 Å². The van der Waals surface area contributed by atoms with E-state index in [0.717, 1.165) is 87.7 Å². The van der Waals surface area contributed by atoms with Crippen molar-refractivity contribution < 1.29 is 18.5 Å². The number of hydrogen-bond donors (Lipinski definition) is 1. The van der Waals surface area contributed by atoms with Crippen LogP contribution in [0.2, 0.25) is 5.02 Å². The maximum absolute atomic E-state index is 14.0. The van der Waals surface area contributed by atoms with Gasteiger partial charge in [-0.25, -0.2) is 4.21 Å². The highest BCUT2D eigenvalue weighted by atomic mass is 35.5. The van der Waals surface area contributed by atoms with E-state index in [0.29, 0.717) is 30.6 Å². The van der Waals surface area contributed by atoms with Crippen LogP contribution >= 0.6 is 11.6 Å². The summed E-state index contributed by atoms with van der Waals surface area (Å²) < 4.78 is 30.6. The van der Waals surface area contributed by atoms with Gasteiger partial charge < -0.3 is 14.4 Å². The number of aryl methyl sites for hydroxylation is 1. The van der Waals surface area contributed by atoms with Crippen LogP contribution in [0.3, 0.4) is 0 Å². The molecule has 52 heavy (non-hydrogen) atoms.